The molecule has 2 rings (SSSR count). The lowest BCUT2D eigenvalue weighted by molar-refractivity contribution is 0.562. The molecule has 2 heterocycles. The minimum Gasteiger partial charge on any atom is -0.358 e. The molecule has 1 aliphatic heterocycles. The van der Waals surface area contributed by atoms with Crippen LogP contribution >= 0.6 is 11.6 Å². The molecule has 1 aromatic rings. The monoisotopic (exact) mass is 227 g/mol. The summed E-state index contributed by atoms with van der Waals surface area (Å²) < 4.78 is 1.55. The average molecular weight is 228 g/mol. The predicted octanol–water partition coefficient (Wildman–Crippen LogP) is 1.42. The Kier molecular flexibility index (Phi) is 2.95. The van der Waals surface area contributed by atoms with E-state index in [0.29, 0.717) is 0 Å². The summed E-state index contributed by atoms with van der Waals surface area (Å²) in [6, 6.07) is 1.76. The smallest absolute Gasteiger partial charge is 0.350 e. The molecule has 0 bridgehead atoms. The van der Waals surface area contributed by atoms with Crippen LogP contribution < -0.4 is 10.6 Å². The predicted molar refractivity (Wildman–Crippen MR) is 60.6 cm³/mol. The molecule has 0 aliphatic carbocycles. The van der Waals surface area contributed by atoms with E-state index in [-0.39, 0.29) is 10.8 Å². The zero-order chi connectivity index (χ0) is 10.8. The van der Waals surface area contributed by atoms with Crippen LogP contribution in [-0.4, -0.2) is 22.6 Å². The second kappa shape index (κ2) is 4.23. The molecule has 5 heteroatoms. The number of hydrogen-bond acceptors (Lipinski definition) is 3. The molecular weight excluding hydrogens is 214 g/mol. The Morgan fingerprint density at radius 2 is 2.00 bits per heavy atom. The fourth-order valence-corrected chi connectivity index (χ4v) is 2.10. The van der Waals surface area contributed by atoms with Crippen LogP contribution in [0.15, 0.2) is 10.9 Å². The number of aromatic nitrogens is 2. The first-order valence-corrected chi connectivity index (χ1v) is 5.55. The highest BCUT2D eigenvalue weighted by molar-refractivity contribution is 6.29. The van der Waals surface area contributed by atoms with E-state index in [9.17, 15) is 4.79 Å². The highest BCUT2D eigenvalue weighted by Gasteiger charge is 2.14. The van der Waals surface area contributed by atoms with Gasteiger partial charge in [0, 0.05) is 26.2 Å². The van der Waals surface area contributed by atoms with Crippen molar-refractivity contribution in [3.63, 3.8) is 0 Å². The van der Waals surface area contributed by atoms with Gasteiger partial charge in [-0.2, -0.15) is 4.98 Å². The lowest BCUT2D eigenvalue weighted by Crippen LogP contribution is -2.35. The van der Waals surface area contributed by atoms with Gasteiger partial charge in [0.15, 0.2) is 0 Å². The Balaban J connectivity index is 2.37. The first-order chi connectivity index (χ1) is 7.18. The van der Waals surface area contributed by atoms with E-state index in [0.717, 1.165) is 18.9 Å². The lowest BCUT2D eigenvalue weighted by atomic mass is 10.1. The fourth-order valence-electron chi connectivity index (χ4n) is 1.93. The van der Waals surface area contributed by atoms with Crippen molar-refractivity contribution in [1.29, 1.82) is 0 Å². The van der Waals surface area contributed by atoms with E-state index in [1.807, 2.05) is 0 Å². The lowest BCUT2D eigenvalue weighted by Gasteiger charge is -2.29. The molecular formula is C10H14ClN3O. The van der Waals surface area contributed by atoms with Crippen LogP contribution in [0.4, 0.5) is 5.82 Å². The van der Waals surface area contributed by atoms with Crippen molar-refractivity contribution in [3.05, 3.63) is 21.7 Å². The minimum absolute atomic E-state index is 0.277. The fraction of sp³-hybridized carbons (Fsp3) is 0.600. The summed E-state index contributed by atoms with van der Waals surface area (Å²) in [6.45, 7) is 1.99. The maximum atomic E-state index is 11.4. The summed E-state index contributed by atoms with van der Waals surface area (Å²) >= 11 is 5.79. The summed E-state index contributed by atoms with van der Waals surface area (Å²) in [5.74, 6) is 0.875. The van der Waals surface area contributed by atoms with E-state index in [1.54, 1.807) is 17.7 Å². The molecule has 0 spiro atoms. The van der Waals surface area contributed by atoms with Crippen molar-refractivity contribution in [3.8, 4) is 0 Å². The van der Waals surface area contributed by atoms with Gasteiger partial charge in [0.05, 0.1) is 0 Å². The molecule has 0 atom stereocenters. The van der Waals surface area contributed by atoms with Gasteiger partial charge in [-0.1, -0.05) is 11.6 Å². The van der Waals surface area contributed by atoms with Crippen LogP contribution in [0.3, 0.4) is 0 Å². The number of halogens is 1. The molecule has 0 saturated carbocycles. The number of hydrogen-bond donors (Lipinski definition) is 0. The van der Waals surface area contributed by atoms with Crippen molar-refractivity contribution in [1.82, 2.24) is 9.55 Å². The van der Waals surface area contributed by atoms with Crippen LogP contribution in [0.25, 0.3) is 0 Å². The van der Waals surface area contributed by atoms with E-state index in [1.165, 1.54) is 19.3 Å². The first kappa shape index (κ1) is 10.5. The van der Waals surface area contributed by atoms with Gasteiger partial charge in [-0.15, -0.1) is 0 Å². The average Bonchev–Trinajstić information content (AvgIpc) is 2.24. The van der Waals surface area contributed by atoms with Crippen LogP contribution in [-0.2, 0) is 7.05 Å². The Morgan fingerprint density at radius 1 is 1.33 bits per heavy atom. The van der Waals surface area contributed by atoms with Crippen LogP contribution in [0.5, 0.6) is 0 Å². The summed E-state index contributed by atoms with van der Waals surface area (Å²) in [4.78, 5) is 17.3. The number of nitrogens with zero attached hydrogens (tertiary/aromatic N) is 3. The van der Waals surface area contributed by atoms with Gasteiger partial charge in [-0.05, 0) is 19.3 Å². The SMILES string of the molecule is Cn1c(N2CCCCC2)cc(Cl)nc1=O. The second-order valence-corrected chi connectivity index (χ2v) is 4.21. The number of piperidine rings is 1. The maximum absolute atomic E-state index is 11.4. The zero-order valence-corrected chi connectivity index (χ0v) is 9.50. The summed E-state index contributed by atoms with van der Waals surface area (Å²) in [6.07, 6.45) is 3.62. The third-order valence-electron chi connectivity index (χ3n) is 2.76. The standard InChI is InChI=1S/C10H14ClN3O/c1-13-9(7-8(11)12-10(13)15)14-5-3-2-4-6-14/h7H,2-6H2,1H3. The molecule has 0 N–H and O–H groups in total. The Bertz CT molecular complexity index is 410. The molecule has 0 amide bonds. The second-order valence-electron chi connectivity index (χ2n) is 3.83. The van der Waals surface area contributed by atoms with Crippen molar-refractivity contribution >= 4 is 17.4 Å². The normalized spacial score (nSPS) is 16.8. The quantitative estimate of drug-likeness (QED) is 0.682. The number of rotatable bonds is 1. The molecule has 1 saturated heterocycles. The zero-order valence-electron chi connectivity index (χ0n) is 8.74. The van der Waals surface area contributed by atoms with Gasteiger partial charge >= 0.3 is 5.69 Å². The molecule has 1 fully saturated rings. The van der Waals surface area contributed by atoms with Crippen molar-refractivity contribution in [2.75, 3.05) is 18.0 Å². The summed E-state index contributed by atoms with van der Waals surface area (Å²) in [5, 5.41) is 0.277. The molecule has 1 aliphatic rings. The van der Waals surface area contributed by atoms with Gasteiger partial charge in [0.2, 0.25) is 0 Å². The van der Waals surface area contributed by atoms with Gasteiger partial charge in [-0.3, -0.25) is 4.57 Å². The van der Waals surface area contributed by atoms with E-state index < -0.39 is 0 Å². The van der Waals surface area contributed by atoms with Crippen molar-refractivity contribution in [2.24, 2.45) is 7.05 Å². The van der Waals surface area contributed by atoms with Crippen molar-refractivity contribution < 1.29 is 0 Å². The minimum atomic E-state index is -0.289. The topological polar surface area (TPSA) is 38.1 Å². The third-order valence-corrected chi connectivity index (χ3v) is 2.95. The van der Waals surface area contributed by atoms with E-state index >= 15 is 0 Å². The van der Waals surface area contributed by atoms with Crippen LogP contribution in [0.1, 0.15) is 19.3 Å². The van der Waals surface area contributed by atoms with E-state index in [4.69, 9.17) is 11.6 Å². The van der Waals surface area contributed by atoms with Crippen LogP contribution in [0, 0.1) is 0 Å². The van der Waals surface area contributed by atoms with Gasteiger partial charge in [0.25, 0.3) is 0 Å². The molecule has 0 radical (unpaired) electrons. The Hall–Kier alpha value is -1.03. The Morgan fingerprint density at radius 3 is 2.67 bits per heavy atom. The van der Waals surface area contributed by atoms with Gasteiger partial charge in [0.1, 0.15) is 11.0 Å². The maximum Gasteiger partial charge on any atom is 0.350 e. The molecule has 4 nitrogen and oxygen atoms in total. The molecule has 0 aromatic carbocycles. The van der Waals surface area contributed by atoms with Crippen molar-refractivity contribution in [2.45, 2.75) is 19.3 Å². The van der Waals surface area contributed by atoms with Crippen LogP contribution in [0.2, 0.25) is 5.15 Å². The van der Waals surface area contributed by atoms with Gasteiger partial charge in [-0.25, -0.2) is 4.79 Å². The summed E-state index contributed by atoms with van der Waals surface area (Å²) in [5.41, 5.74) is -0.289. The molecule has 0 unspecified atom stereocenters. The first-order valence-electron chi connectivity index (χ1n) is 5.17. The largest absolute Gasteiger partial charge is 0.358 e. The summed E-state index contributed by atoms with van der Waals surface area (Å²) in [7, 11) is 1.73. The van der Waals surface area contributed by atoms with Gasteiger partial charge < -0.3 is 4.90 Å². The number of anilines is 1. The molecule has 15 heavy (non-hydrogen) atoms. The third kappa shape index (κ3) is 2.15. The molecule has 1 aromatic heterocycles. The molecule has 82 valence electrons. The highest BCUT2D eigenvalue weighted by Crippen LogP contribution is 2.19. The van der Waals surface area contributed by atoms with E-state index in [2.05, 4.69) is 9.88 Å². The highest BCUT2D eigenvalue weighted by atomic mass is 35.5. The Labute approximate surface area is 93.5 Å².